The van der Waals surface area contributed by atoms with E-state index in [0.29, 0.717) is 0 Å². The third-order valence-electron chi connectivity index (χ3n) is 3.82. The molecule has 3 heteroatoms. The van der Waals surface area contributed by atoms with Gasteiger partial charge in [-0.1, -0.05) is 30.4 Å². The minimum Gasteiger partial charge on any atom is -0.497 e. The van der Waals surface area contributed by atoms with Crippen LogP contribution in [0.15, 0.2) is 48.5 Å². The molecule has 3 rings (SSSR count). The van der Waals surface area contributed by atoms with Crippen molar-refractivity contribution in [3.05, 3.63) is 59.7 Å². The topological polar surface area (TPSA) is 21.3 Å². The summed E-state index contributed by atoms with van der Waals surface area (Å²) in [6.07, 6.45) is 3.86. The number of nitrogens with one attached hydrogen (secondary N) is 1. The van der Waals surface area contributed by atoms with Crippen LogP contribution in [0.1, 0.15) is 24.0 Å². The predicted octanol–water partition coefficient (Wildman–Crippen LogP) is 4.44. The molecule has 21 heavy (non-hydrogen) atoms. The summed E-state index contributed by atoms with van der Waals surface area (Å²) in [7, 11) is 1.67. The van der Waals surface area contributed by atoms with Crippen molar-refractivity contribution >= 4 is 22.9 Å². The number of hydrogen-bond donors (Lipinski definition) is 1. The van der Waals surface area contributed by atoms with Crippen LogP contribution in [0.3, 0.4) is 0 Å². The Labute approximate surface area is 131 Å². The molecule has 0 unspecified atom stereocenters. The molecular formula is C18H19NOS. The minimum absolute atomic E-state index is 0.751. The van der Waals surface area contributed by atoms with Gasteiger partial charge >= 0.3 is 0 Å². The Morgan fingerprint density at radius 2 is 1.86 bits per heavy atom. The molecule has 108 valence electrons. The Balaban J connectivity index is 1.74. The van der Waals surface area contributed by atoms with Crippen LogP contribution < -0.4 is 10.1 Å². The third-order valence-corrected chi connectivity index (χ3v) is 4.16. The van der Waals surface area contributed by atoms with Gasteiger partial charge in [-0.25, -0.2) is 0 Å². The van der Waals surface area contributed by atoms with Crippen LogP contribution in [0.25, 0.3) is 0 Å². The summed E-state index contributed by atoms with van der Waals surface area (Å²) in [4.78, 5) is 0.751. The summed E-state index contributed by atoms with van der Waals surface area (Å²) in [5, 5.41) is 3.39. The fourth-order valence-corrected chi connectivity index (χ4v) is 2.64. The standard InChI is InChI=1S/C18H19NOS/c1-20-16-10-8-14(9-11-16)18(21)19-17-5-3-2-4-15(17)12-13-6-7-13/h2-5,8-11,13H,6-7,12H2,1H3,(H,19,21). The van der Waals surface area contributed by atoms with Gasteiger partial charge in [0.15, 0.2) is 0 Å². The molecule has 0 aromatic heterocycles. The van der Waals surface area contributed by atoms with Gasteiger partial charge in [0, 0.05) is 11.3 Å². The molecule has 0 aliphatic heterocycles. The van der Waals surface area contributed by atoms with Gasteiger partial charge in [0.05, 0.1) is 7.11 Å². The second kappa shape index (κ2) is 6.27. The number of ether oxygens (including phenoxy) is 1. The lowest BCUT2D eigenvalue weighted by atomic mass is 10.1. The molecular weight excluding hydrogens is 278 g/mol. The Hall–Kier alpha value is -1.87. The molecule has 2 aromatic carbocycles. The molecule has 1 aliphatic rings. The maximum absolute atomic E-state index is 5.52. The van der Waals surface area contributed by atoms with Gasteiger partial charge in [0.25, 0.3) is 0 Å². The number of anilines is 1. The van der Waals surface area contributed by atoms with E-state index in [9.17, 15) is 0 Å². The van der Waals surface area contributed by atoms with Gasteiger partial charge in [0.1, 0.15) is 10.7 Å². The van der Waals surface area contributed by atoms with Crippen LogP contribution in [0.2, 0.25) is 0 Å². The highest BCUT2D eigenvalue weighted by Crippen LogP contribution is 2.34. The molecule has 1 aliphatic carbocycles. The summed E-state index contributed by atoms with van der Waals surface area (Å²) < 4.78 is 5.17. The molecule has 1 N–H and O–H groups in total. The summed E-state index contributed by atoms with van der Waals surface area (Å²) in [5.41, 5.74) is 3.49. The van der Waals surface area contributed by atoms with Crippen molar-refractivity contribution in [2.24, 2.45) is 5.92 Å². The summed E-state index contributed by atoms with van der Waals surface area (Å²) in [5.74, 6) is 1.71. The van der Waals surface area contributed by atoms with Crippen LogP contribution in [-0.4, -0.2) is 12.1 Å². The molecule has 1 fully saturated rings. The lowest BCUT2D eigenvalue weighted by Gasteiger charge is -2.13. The van der Waals surface area contributed by atoms with E-state index in [2.05, 4.69) is 29.6 Å². The largest absolute Gasteiger partial charge is 0.497 e. The van der Waals surface area contributed by atoms with E-state index in [1.807, 2.05) is 24.3 Å². The smallest absolute Gasteiger partial charge is 0.118 e. The van der Waals surface area contributed by atoms with Gasteiger partial charge in [0.2, 0.25) is 0 Å². The average molecular weight is 297 g/mol. The van der Waals surface area contributed by atoms with E-state index in [1.54, 1.807) is 7.11 Å². The first-order valence-corrected chi connectivity index (χ1v) is 7.70. The van der Waals surface area contributed by atoms with Gasteiger partial charge in [-0.3, -0.25) is 0 Å². The monoisotopic (exact) mass is 297 g/mol. The highest BCUT2D eigenvalue weighted by molar-refractivity contribution is 7.81. The number of methoxy groups -OCH3 is 1. The zero-order valence-electron chi connectivity index (χ0n) is 12.1. The number of rotatable bonds is 5. The van der Waals surface area contributed by atoms with Gasteiger partial charge in [-0.05, 0) is 61.1 Å². The molecule has 0 radical (unpaired) electrons. The van der Waals surface area contributed by atoms with Crippen molar-refractivity contribution in [2.45, 2.75) is 19.3 Å². The molecule has 2 nitrogen and oxygen atoms in total. The average Bonchev–Trinajstić information content (AvgIpc) is 3.33. The Morgan fingerprint density at radius 3 is 2.52 bits per heavy atom. The zero-order chi connectivity index (χ0) is 14.7. The lowest BCUT2D eigenvalue weighted by molar-refractivity contribution is 0.415. The summed E-state index contributed by atoms with van der Waals surface area (Å²) in [6.45, 7) is 0. The van der Waals surface area contributed by atoms with Crippen LogP contribution in [0.5, 0.6) is 5.75 Å². The molecule has 0 bridgehead atoms. The van der Waals surface area contributed by atoms with Crippen molar-refractivity contribution in [1.82, 2.24) is 0 Å². The van der Waals surface area contributed by atoms with Crippen LogP contribution in [0, 0.1) is 5.92 Å². The third kappa shape index (κ3) is 3.61. The first kappa shape index (κ1) is 14.1. The number of benzene rings is 2. The molecule has 0 amide bonds. The fraction of sp³-hybridized carbons (Fsp3) is 0.278. The van der Waals surface area contributed by atoms with E-state index in [1.165, 1.54) is 18.4 Å². The summed E-state index contributed by atoms with van der Waals surface area (Å²) >= 11 is 5.52. The summed E-state index contributed by atoms with van der Waals surface area (Å²) in [6, 6.07) is 16.3. The van der Waals surface area contributed by atoms with Gasteiger partial charge < -0.3 is 10.1 Å². The van der Waals surface area contributed by atoms with Crippen molar-refractivity contribution < 1.29 is 4.74 Å². The highest BCUT2D eigenvalue weighted by atomic mass is 32.1. The number of thiocarbonyl (C=S) groups is 1. The number of para-hydroxylation sites is 1. The van der Waals surface area contributed by atoms with Crippen molar-refractivity contribution in [1.29, 1.82) is 0 Å². The Bertz CT molecular complexity index is 632. The maximum Gasteiger partial charge on any atom is 0.118 e. The highest BCUT2D eigenvalue weighted by Gasteiger charge is 2.22. The van der Waals surface area contributed by atoms with E-state index < -0.39 is 0 Å². The normalized spacial score (nSPS) is 13.8. The molecule has 0 spiro atoms. The van der Waals surface area contributed by atoms with Crippen LogP contribution in [-0.2, 0) is 6.42 Å². The molecule has 2 aromatic rings. The van der Waals surface area contributed by atoms with Crippen molar-refractivity contribution in [3.8, 4) is 5.75 Å². The Kier molecular flexibility index (Phi) is 4.20. The molecule has 0 heterocycles. The van der Waals surface area contributed by atoms with E-state index in [0.717, 1.165) is 34.3 Å². The van der Waals surface area contributed by atoms with Crippen molar-refractivity contribution in [2.75, 3.05) is 12.4 Å². The lowest BCUT2D eigenvalue weighted by Crippen LogP contribution is -2.12. The fourth-order valence-electron chi connectivity index (χ4n) is 2.39. The minimum atomic E-state index is 0.751. The van der Waals surface area contributed by atoms with Crippen LogP contribution in [0.4, 0.5) is 5.69 Å². The SMILES string of the molecule is COc1ccc(C(=S)Nc2ccccc2CC2CC2)cc1. The van der Waals surface area contributed by atoms with Gasteiger partial charge in [-0.15, -0.1) is 0 Å². The molecule has 0 saturated heterocycles. The first-order chi connectivity index (χ1) is 10.3. The first-order valence-electron chi connectivity index (χ1n) is 7.29. The predicted molar refractivity (Wildman–Crippen MR) is 91.2 cm³/mol. The van der Waals surface area contributed by atoms with E-state index in [4.69, 9.17) is 17.0 Å². The molecule has 1 saturated carbocycles. The molecule has 0 atom stereocenters. The number of hydrogen-bond acceptors (Lipinski definition) is 2. The maximum atomic E-state index is 5.52. The zero-order valence-corrected chi connectivity index (χ0v) is 13.0. The van der Waals surface area contributed by atoms with Crippen molar-refractivity contribution in [3.63, 3.8) is 0 Å². The Morgan fingerprint density at radius 1 is 1.14 bits per heavy atom. The second-order valence-electron chi connectivity index (χ2n) is 5.49. The van der Waals surface area contributed by atoms with Gasteiger partial charge in [-0.2, -0.15) is 0 Å². The quantitative estimate of drug-likeness (QED) is 0.825. The van der Waals surface area contributed by atoms with Crippen LogP contribution >= 0.6 is 12.2 Å². The second-order valence-corrected chi connectivity index (χ2v) is 5.90. The van der Waals surface area contributed by atoms with E-state index in [-0.39, 0.29) is 0 Å². The van der Waals surface area contributed by atoms with E-state index >= 15 is 0 Å².